The molecule has 0 fully saturated rings. The minimum Gasteiger partial charge on any atom is -0.478 e. The van der Waals surface area contributed by atoms with Crippen LogP contribution < -0.4 is 4.72 Å². The zero-order valence-corrected chi connectivity index (χ0v) is 12.6. The predicted octanol–water partition coefficient (Wildman–Crippen LogP) is 1.47. The van der Waals surface area contributed by atoms with Crippen LogP contribution in [-0.2, 0) is 14.8 Å². The van der Waals surface area contributed by atoms with Gasteiger partial charge >= 0.3 is 5.97 Å². The number of nitrogens with one attached hydrogen (secondary N) is 1. The van der Waals surface area contributed by atoms with E-state index in [-0.39, 0.29) is 18.7 Å². The van der Waals surface area contributed by atoms with Crippen molar-refractivity contribution in [2.45, 2.75) is 18.7 Å². The second-order valence-electron chi connectivity index (χ2n) is 4.82. The smallest absolute Gasteiger partial charge is 0.335 e. The molecule has 8 heteroatoms. The highest BCUT2D eigenvalue weighted by Gasteiger charge is 2.20. The van der Waals surface area contributed by atoms with Crippen molar-refractivity contribution in [3.8, 4) is 0 Å². The number of ether oxygens (including phenoxy) is 1. The number of hydrogen-bond acceptors (Lipinski definition) is 4. The largest absolute Gasteiger partial charge is 0.478 e. The third-order valence-electron chi connectivity index (χ3n) is 2.46. The Hall–Kier alpha value is -1.51. The summed E-state index contributed by atoms with van der Waals surface area (Å²) >= 11 is 0. The van der Waals surface area contributed by atoms with Gasteiger partial charge in [0.05, 0.1) is 12.2 Å². The lowest BCUT2D eigenvalue weighted by Crippen LogP contribution is -2.28. The average Bonchev–Trinajstić information content (AvgIpc) is 2.37. The SMILES string of the molecule is CC(C)COCCNS(=O)(=O)c1ccc(C(=O)O)cc1F. The molecule has 0 saturated heterocycles. The Morgan fingerprint density at radius 1 is 1.43 bits per heavy atom. The Kier molecular flexibility index (Phi) is 6.25. The molecule has 1 rings (SSSR count). The Balaban J connectivity index is 2.68. The first-order chi connectivity index (χ1) is 9.74. The molecule has 0 aromatic heterocycles. The van der Waals surface area contributed by atoms with Gasteiger partial charge in [0.1, 0.15) is 10.7 Å². The van der Waals surface area contributed by atoms with Gasteiger partial charge in [-0.05, 0) is 24.1 Å². The molecule has 0 aliphatic carbocycles. The molecule has 2 N–H and O–H groups in total. The Morgan fingerprint density at radius 2 is 2.10 bits per heavy atom. The van der Waals surface area contributed by atoms with Gasteiger partial charge in [-0.25, -0.2) is 22.3 Å². The van der Waals surface area contributed by atoms with E-state index in [1.54, 1.807) is 0 Å². The van der Waals surface area contributed by atoms with Crippen LogP contribution in [0.2, 0.25) is 0 Å². The third-order valence-corrected chi connectivity index (χ3v) is 3.95. The van der Waals surface area contributed by atoms with Crippen LogP contribution in [-0.4, -0.2) is 39.3 Å². The lowest BCUT2D eigenvalue weighted by molar-refractivity contribution is 0.0696. The minimum absolute atomic E-state index is 0.00910. The molecule has 0 amide bonds. The van der Waals surface area contributed by atoms with Crippen molar-refractivity contribution >= 4 is 16.0 Å². The van der Waals surface area contributed by atoms with Crippen LogP contribution in [0.25, 0.3) is 0 Å². The van der Waals surface area contributed by atoms with Gasteiger partial charge in [0.25, 0.3) is 0 Å². The van der Waals surface area contributed by atoms with Gasteiger partial charge in [0.15, 0.2) is 0 Å². The van der Waals surface area contributed by atoms with Crippen molar-refractivity contribution in [3.05, 3.63) is 29.6 Å². The normalized spacial score (nSPS) is 11.8. The number of carboxylic acids is 1. The number of carboxylic acid groups (broad SMARTS) is 1. The molecular formula is C13H18FNO5S. The zero-order valence-electron chi connectivity index (χ0n) is 11.8. The maximum Gasteiger partial charge on any atom is 0.335 e. The van der Waals surface area contributed by atoms with E-state index in [0.29, 0.717) is 18.6 Å². The van der Waals surface area contributed by atoms with Gasteiger partial charge in [-0.3, -0.25) is 0 Å². The number of aromatic carboxylic acids is 1. The maximum atomic E-state index is 13.7. The summed E-state index contributed by atoms with van der Waals surface area (Å²) < 4.78 is 44.8. The van der Waals surface area contributed by atoms with Crippen molar-refractivity contribution in [2.75, 3.05) is 19.8 Å². The molecular weight excluding hydrogens is 301 g/mol. The van der Waals surface area contributed by atoms with Crippen LogP contribution in [0.1, 0.15) is 24.2 Å². The van der Waals surface area contributed by atoms with Crippen LogP contribution in [0.4, 0.5) is 4.39 Å². The Morgan fingerprint density at radius 3 is 2.62 bits per heavy atom. The first-order valence-corrected chi connectivity index (χ1v) is 7.82. The highest BCUT2D eigenvalue weighted by atomic mass is 32.2. The number of carbonyl (C=O) groups is 1. The average molecular weight is 319 g/mol. The molecule has 0 saturated carbocycles. The topological polar surface area (TPSA) is 92.7 Å². The maximum absolute atomic E-state index is 13.7. The summed E-state index contributed by atoms with van der Waals surface area (Å²) in [6.45, 7) is 4.61. The van der Waals surface area contributed by atoms with Crippen LogP contribution in [0, 0.1) is 11.7 Å². The van der Waals surface area contributed by atoms with Crippen LogP contribution in [0.3, 0.4) is 0 Å². The lowest BCUT2D eigenvalue weighted by atomic mass is 10.2. The van der Waals surface area contributed by atoms with E-state index in [2.05, 4.69) is 4.72 Å². The van der Waals surface area contributed by atoms with Gasteiger partial charge in [-0.1, -0.05) is 13.8 Å². The van der Waals surface area contributed by atoms with Gasteiger partial charge in [0.2, 0.25) is 10.0 Å². The van der Waals surface area contributed by atoms with Gasteiger partial charge in [0, 0.05) is 13.2 Å². The molecule has 1 aromatic carbocycles. The number of benzene rings is 1. The van der Waals surface area contributed by atoms with Gasteiger partial charge < -0.3 is 9.84 Å². The third kappa shape index (κ3) is 5.41. The van der Waals surface area contributed by atoms with E-state index in [9.17, 15) is 17.6 Å². The van der Waals surface area contributed by atoms with E-state index in [1.807, 2.05) is 13.8 Å². The first kappa shape index (κ1) is 17.5. The molecule has 0 atom stereocenters. The summed E-state index contributed by atoms with van der Waals surface area (Å²) in [5, 5.41) is 8.70. The molecule has 1 aromatic rings. The highest BCUT2D eigenvalue weighted by Crippen LogP contribution is 2.15. The Bertz CT molecular complexity index is 601. The van der Waals surface area contributed by atoms with E-state index < -0.39 is 26.7 Å². The molecule has 0 bridgehead atoms. The van der Waals surface area contributed by atoms with Crippen molar-refractivity contribution in [1.29, 1.82) is 0 Å². The first-order valence-electron chi connectivity index (χ1n) is 6.34. The summed E-state index contributed by atoms with van der Waals surface area (Å²) in [5.41, 5.74) is -0.313. The van der Waals surface area contributed by atoms with E-state index >= 15 is 0 Å². The van der Waals surface area contributed by atoms with Crippen molar-refractivity contribution < 1.29 is 27.4 Å². The molecule has 0 unspecified atom stereocenters. The molecule has 0 radical (unpaired) electrons. The zero-order chi connectivity index (χ0) is 16.0. The number of rotatable bonds is 8. The fourth-order valence-corrected chi connectivity index (χ4v) is 2.57. The lowest BCUT2D eigenvalue weighted by Gasteiger charge is -2.09. The second-order valence-corrected chi connectivity index (χ2v) is 6.55. The Labute approximate surface area is 123 Å². The summed E-state index contributed by atoms with van der Waals surface area (Å²) in [4.78, 5) is 10.1. The highest BCUT2D eigenvalue weighted by molar-refractivity contribution is 7.89. The van der Waals surface area contributed by atoms with E-state index in [1.165, 1.54) is 0 Å². The van der Waals surface area contributed by atoms with E-state index in [4.69, 9.17) is 9.84 Å². The molecule has 6 nitrogen and oxygen atoms in total. The van der Waals surface area contributed by atoms with Gasteiger partial charge in [-0.15, -0.1) is 0 Å². The number of halogens is 1. The minimum atomic E-state index is -4.03. The monoisotopic (exact) mass is 319 g/mol. The van der Waals surface area contributed by atoms with Crippen LogP contribution in [0.15, 0.2) is 23.1 Å². The van der Waals surface area contributed by atoms with Crippen molar-refractivity contribution in [2.24, 2.45) is 5.92 Å². The van der Waals surface area contributed by atoms with Crippen LogP contribution in [0.5, 0.6) is 0 Å². The van der Waals surface area contributed by atoms with Crippen molar-refractivity contribution in [3.63, 3.8) is 0 Å². The van der Waals surface area contributed by atoms with E-state index in [0.717, 1.165) is 12.1 Å². The molecule has 0 heterocycles. The molecule has 0 aliphatic heterocycles. The standard InChI is InChI=1S/C13H18FNO5S/c1-9(2)8-20-6-5-15-21(18,19)12-4-3-10(13(16)17)7-11(12)14/h3-4,7,9,15H,5-6,8H2,1-2H3,(H,16,17). The molecule has 21 heavy (non-hydrogen) atoms. The molecule has 0 aliphatic rings. The van der Waals surface area contributed by atoms with Gasteiger partial charge in [-0.2, -0.15) is 0 Å². The number of hydrogen-bond donors (Lipinski definition) is 2. The summed E-state index contributed by atoms with van der Waals surface area (Å²) in [6, 6.07) is 2.64. The summed E-state index contributed by atoms with van der Waals surface area (Å²) in [5.74, 6) is -2.10. The van der Waals surface area contributed by atoms with Crippen molar-refractivity contribution in [1.82, 2.24) is 4.72 Å². The van der Waals surface area contributed by atoms with Crippen LogP contribution >= 0.6 is 0 Å². The fourth-order valence-electron chi connectivity index (χ4n) is 1.50. The second kappa shape index (κ2) is 7.48. The fraction of sp³-hybridized carbons (Fsp3) is 0.462. The summed E-state index contributed by atoms with van der Waals surface area (Å²) in [6.07, 6.45) is 0. The molecule has 118 valence electrons. The predicted molar refractivity (Wildman–Crippen MR) is 74.2 cm³/mol. The quantitative estimate of drug-likeness (QED) is 0.708. The summed E-state index contributed by atoms with van der Waals surface area (Å²) in [7, 11) is -4.03. The molecule has 0 spiro atoms. The number of sulfonamides is 1.